The van der Waals surface area contributed by atoms with Crippen molar-refractivity contribution in [2.24, 2.45) is 0 Å². The van der Waals surface area contributed by atoms with Gasteiger partial charge >= 0.3 is 0 Å². The van der Waals surface area contributed by atoms with Crippen molar-refractivity contribution in [3.63, 3.8) is 0 Å². The number of fused-ring (bicyclic) bond motifs is 1. The number of hydrogen-bond donors (Lipinski definition) is 2. The highest BCUT2D eigenvalue weighted by Crippen LogP contribution is 2.54. The highest BCUT2D eigenvalue weighted by molar-refractivity contribution is 7.80. The van der Waals surface area contributed by atoms with Gasteiger partial charge in [-0.15, -0.1) is 0 Å². The normalized spacial score (nSPS) is 16.0. The van der Waals surface area contributed by atoms with Crippen LogP contribution in [0.2, 0.25) is 0 Å². The molecule has 1 amide bonds. The average Bonchev–Trinajstić information content (AvgIpc) is 2.85. The van der Waals surface area contributed by atoms with Gasteiger partial charge < -0.3 is 5.32 Å². The lowest BCUT2D eigenvalue weighted by Gasteiger charge is -2.22. The van der Waals surface area contributed by atoms with Crippen LogP contribution >= 0.6 is 12.2 Å². The fourth-order valence-corrected chi connectivity index (χ4v) is 4.89. The van der Waals surface area contributed by atoms with Gasteiger partial charge in [-0.2, -0.15) is 0 Å². The molecule has 1 aliphatic rings. The molecule has 0 aliphatic heterocycles. The van der Waals surface area contributed by atoms with Crippen LogP contribution < -0.4 is 10.6 Å². The number of nitrogens with zero attached hydrogens (tertiary/aromatic N) is 1. The van der Waals surface area contributed by atoms with E-state index in [4.69, 9.17) is 12.2 Å². The van der Waals surface area contributed by atoms with Gasteiger partial charge in [-0.05, 0) is 59.7 Å². The van der Waals surface area contributed by atoms with Crippen LogP contribution in [0.15, 0.2) is 42.5 Å². The van der Waals surface area contributed by atoms with Crippen molar-refractivity contribution in [1.29, 1.82) is 0 Å². The summed E-state index contributed by atoms with van der Waals surface area (Å²) in [4.78, 5) is 23.9. The van der Waals surface area contributed by atoms with E-state index in [1.807, 2.05) is 50.2 Å². The Morgan fingerprint density at radius 1 is 1.16 bits per heavy atom. The quantitative estimate of drug-likeness (QED) is 0.290. The molecule has 31 heavy (non-hydrogen) atoms. The largest absolute Gasteiger partial charge is 0.332 e. The second kappa shape index (κ2) is 8.23. The number of anilines is 1. The van der Waals surface area contributed by atoms with E-state index in [2.05, 4.69) is 24.5 Å². The molecule has 0 fully saturated rings. The molecule has 2 N–H and O–H groups in total. The van der Waals surface area contributed by atoms with Crippen LogP contribution in [0.25, 0.3) is 6.08 Å². The van der Waals surface area contributed by atoms with Gasteiger partial charge in [-0.1, -0.05) is 58.0 Å². The number of thiocarbonyl (C=S) groups is 1. The number of nitro groups is 1. The van der Waals surface area contributed by atoms with Gasteiger partial charge in [0.1, 0.15) is 0 Å². The number of rotatable bonds is 4. The lowest BCUT2D eigenvalue weighted by Crippen LogP contribution is -2.33. The van der Waals surface area contributed by atoms with Gasteiger partial charge in [0, 0.05) is 11.6 Å². The fraction of sp³-hybridized carbons (Fsp3) is 0.333. The maximum atomic E-state index is 12.2. The van der Waals surface area contributed by atoms with Crippen molar-refractivity contribution in [2.45, 2.75) is 51.9 Å². The average molecular weight is 438 g/mol. The molecule has 7 heteroatoms. The smallest absolute Gasteiger partial charge is 0.278 e. The molecule has 162 valence electrons. The minimum absolute atomic E-state index is 0.0927. The van der Waals surface area contributed by atoms with Gasteiger partial charge in [0.15, 0.2) is 5.11 Å². The molecule has 0 unspecified atom stereocenters. The van der Waals surface area contributed by atoms with Gasteiger partial charge in [-0.25, -0.2) is 0 Å². The SMILES string of the molecule is Cc1c(NC(=S)NC(=O)C=Cc2ccccc2)cc2c(c1[N+](=O)[O-])C(C)(C)CC2(C)C. The predicted octanol–water partition coefficient (Wildman–Crippen LogP) is 5.39. The summed E-state index contributed by atoms with van der Waals surface area (Å²) >= 11 is 5.30. The van der Waals surface area contributed by atoms with Crippen LogP contribution in [0, 0.1) is 17.0 Å². The zero-order valence-corrected chi connectivity index (χ0v) is 19.2. The summed E-state index contributed by atoms with van der Waals surface area (Å²) in [7, 11) is 0. The van der Waals surface area contributed by atoms with Crippen molar-refractivity contribution in [3.05, 3.63) is 74.8 Å². The lowest BCUT2D eigenvalue weighted by molar-refractivity contribution is -0.386. The Balaban J connectivity index is 1.86. The molecule has 0 heterocycles. The van der Waals surface area contributed by atoms with Crippen LogP contribution in [-0.2, 0) is 15.6 Å². The second-order valence-electron chi connectivity index (χ2n) is 9.21. The molecular weight excluding hydrogens is 410 g/mol. The number of carbonyl (C=O) groups excluding carboxylic acids is 1. The molecule has 3 rings (SSSR count). The highest BCUT2D eigenvalue weighted by Gasteiger charge is 2.47. The third-order valence-electron chi connectivity index (χ3n) is 5.74. The van der Waals surface area contributed by atoms with E-state index in [0.717, 1.165) is 23.1 Å². The van der Waals surface area contributed by atoms with Crippen LogP contribution in [0.1, 0.15) is 56.4 Å². The summed E-state index contributed by atoms with van der Waals surface area (Å²) in [6, 6.07) is 11.4. The van der Waals surface area contributed by atoms with E-state index in [1.165, 1.54) is 6.08 Å². The number of hydrogen-bond acceptors (Lipinski definition) is 4. The van der Waals surface area contributed by atoms with Crippen LogP contribution in [0.5, 0.6) is 0 Å². The van der Waals surface area contributed by atoms with Crippen LogP contribution in [0.3, 0.4) is 0 Å². The molecule has 1 aliphatic carbocycles. The molecule has 0 spiro atoms. The van der Waals surface area contributed by atoms with Gasteiger partial charge in [-0.3, -0.25) is 20.2 Å². The third-order valence-corrected chi connectivity index (χ3v) is 5.94. The molecule has 0 saturated heterocycles. The zero-order chi connectivity index (χ0) is 23.0. The van der Waals surface area contributed by atoms with Gasteiger partial charge in [0.25, 0.3) is 5.69 Å². The summed E-state index contributed by atoms with van der Waals surface area (Å²) < 4.78 is 0. The number of nitrogens with one attached hydrogen (secondary N) is 2. The zero-order valence-electron chi connectivity index (χ0n) is 18.4. The maximum absolute atomic E-state index is 12.2. The standard InChI is InChI=1S/C24H27N3O3S/c1-15-18(25-22(31)26-19(28)12-11-16-9-7-6-8-10-16)13-17-20(21(15)27(29)30)24(4,5)14-23(17,2)3/h6-13H,14H2,1-5H3,(H2,25,26,28,31). The predicted molar refractivity (Wildman–Crippen MR) is 128 cm³/mol. The topological polar surface area (TPSA) is 84.3 Å². The van der Waals surface area contributed by atoms with E-state index in [1.54, 1.807) is 13.0 Å². The van der Waals surface area contributed by atoms with Crippen LogP contribution in [-0.4, -0.2) is 15.9 Å². The van der Waals surface area contributed by atoms with Crippen molar-refractivity contribution in [1.82, 2.24) is 5.32 Å². The molecule has 0 radical (unpaired) electrons. The van der Waals surface area contributed by atoms with E-state index < -0.39 is 0 Å². The maximum Gasteiger partial charge on any atom is 0.278 e. The second-order valence-corrected chi connectivity index (χ2v) is 9.62. The molecule has 2 aromatic rings. The van der Waals surface area contributed by atoms with Crippen molar-refractivity contribution >= 4 is 40.7 Å². The molecule has 0 aromatic heterocycles. The van der Waals surface area contributed by atoms with Crippen molar-refractivity contribution < 1.29 is 9.72 Å². The molecule has 0 saturated carbocycles. The van der Waals surface area contributed by atoms with E-state index in [-0.39, 0.29) is 32.5 Å². The summed E-state index contributed by atoms with van der Waals surface area (Å²) in [6.07, 6.45) is 3.89. The molecule has 6 nitrogen and oxygen atoms in total. The fourth-order valence-electron chi connectivity index (χ4n) is 4.68. The Morgan fingerprint density at radius 3 is 2.42 bits per heavy atom. The minimum Gasteiger partial charge on any atom is -0.332 e. The highest BCUT2D eigenvalue weighted by atomic mass is 32.1. The van der Waals surface area contributed by atoms with Gasteiger partial charge in [0.05, 0.1) is 16.2 Å². The number of benzene rings is 2. The molecule has 0 atom stereocenters. The molecular formula is C24H27N3O3S. The summed E-state index contributed by atoms with van der Waals surface area (Å²) in [5.74, 6) is -0.379. The summed E-state index contributed by atoms with van der Waals surface area (Å²) in [5.41, 5.74) is 3.26. The number of nitro benzene ring substituents is 1. The molecule has 0 bridgehead atoms. The monoisotopic (exact) mass is 437 g/mol. The number of amides is 1. The first kappa shape index (κ1) is 22.6. The van der Waals surface area contributed by atoms with E-state index >= 15 is 0 Å². The van der Waals surface area contributed by atoms with Crippen molar-refractivity contribution in [2.75, 3.05) is 5.32 Å². The Labute approximate surface area is 187 Å². The first-order valence-electron chi connectivity index (χ1n) is 10.1. The molecule has 2 aromatic carbocycles. The Kier molecular flexibility index (Phi) is 6.00. The van der Waals surface area contributed by atoms with Gasteiger partial charge in [0.2, 0.25) is 5.91 Å². The Bertz CT molecular complexity index is 1090. The Hall–Kier alpha value is -3.06. The van der Waals surface area contributed by atoms with Crippen molar-refractivity contribution in [3.8, 4) is 0 Å². The third kappa shape index (κ3) is 4.66. The van der Waals surface area contributed by atoms with E-state index in [9.17, 15) is 14.9 Å². The summed E-state index contributed by atoms with van der Waals surface area (Å²) in [5, 5.41) is 17.7. The first-order valence-corrected chi connectivity index (χ1v) is 10.5. The van der Waals surface area contributed by atoms with Crippen LogP contribution in [0.4, 0.5) is 11.4 Å². The van der Waals surface area contributed by atoms with E-state index in [0.29, 0.717) is 11.3 Å². The minimum atomic E-state index is -0.379. The summed E-state index contributed by atoms with van der Waals surface area (Å²) in [6.45, 7) is 9.99. The Morgan fingerprint density at radius 2 is 1.81 bits per heavy atom. The number of carbonyl (C=O) groups is 1. The first-order chi connectivity index (χ1) is 14.4. The lowest BCUT2D eigenvalue weighted by atomic mass is 9.81.